The molecule has 2 aromatic heterocycles. The van der Waals surface area contributed by atoms with E-state index >= 15 is 0 Å². The topological polar surface area (TPSA) is 71.4 Å². The number of anilines is 1. The molecule has 0 spiro atoms. The van der Waals surface area contributed by atoms with Crippen LogP contribution in [0.3, 0.4) is 0 Å². The van der Waals surface area contributed by atoms with Crippen molar-refractivity contribution >= 4 is 28.9 Å². The lowest BCUT2D eigenvalue weighted by molar-refractivity contribution is -0.116. The zero-order chi connectivity index (χ0) is 26.6. The Morgan fingerprint density at radius 3 is 2.47 bits per heavy atom. The smallest absolute Gasteiger partial charge is 0.226 e. The maximum absolute atomic E-state index is 12.9. The summed E-state index contributed by atoms with van der Waals surface area (Å²) in [5.41, 5.74) is 6.02. The fraction of sp³-hybridized carbons (Fsp3) is 0.233. The Morgan fingerprint density at radius 1 is 1.03 bits per heavy atom. The van der Waals surface area contributed by atoms with Crippen molar-refractivity contribution in [2.45, 2.75) is 32.4 Å². The first-order valence-electron chi connectivity index (χ1n) is 12.6. The summed E-state index contributed by atoms with van der Waals surface area (Å²) in [6.45, 7) is 4.57. The van der Waals surface area contributed by atoms with Gasteiger partial charge in [0.25, 0.3) is 0 Å². The number of carbonyl (C=O) groups excluding carboxylic acids is 1. The van der Waals surface area contributed by atoms with Crippen molar-refractivity contribution in [3.8, 4) is 11.4 Å². The van der Waals surface area contributed by atoms with E-state index < -0.39 is 0 Å². The summed E-state index contributed by atoms with van der Waals surface area (Å²) in [6.07, 6.45) is 2.09. The van der Waals surface area contributed by atoms with Gasteiger partial charge in [-0.15, -0.1) is 0 Å². The molecule has 2 atom stereocenters. The van der Waals surface area contributed by atoms with Gasteiger partial charge in [-0.3, -0.25) is 9.78 Å². The van der Waals surface area contributed by atoms with Crippen LogP contribution >= 0.6 is 12.2 Å². The molecule has 1 saturated heterocycles. The number of hydrogen-bond acceptors (Lipinski definition) is 4. The van der Waals surface area contributed by atoms with E-state index in [1.165, 1.54) is 0 Å². The van der Waals surface area contributed by atoms with E-state index in [1.807, 2.05) is 73.7 Å². The van der Waals surface area contributed by atoms with Crippen molar-refractivity contribution in [2.75, 3.05) is 19.0 Å². The second kappa shape index (κ2) is 11.1. The lowest BCUT2D eigenvalue weighted by Gasteiger charge is -2.29. The van der Waals surface area contributed by atoms with Gasteiger partial charge in [0, 0.05) is 41.9 Å². The Morgan fingerprint density at radius 2 is 1.79 bits per heavy atom. The number of aryl methyl sites for hydroxylation is 2. The predicted octanol–water partition coefficient (Wildman–Crippen LogP) is 5.50. The molecule has 5 rings (SSSR count). The normalized spacial score (nSPS) is 16.8. The second-order valence-corrected chi connectivity index (χ2v) is 9.80. The number of aromatic nitrogens is 2. The first-order chi connectivity index (χ1) is 18.4. The minimum atomic E-state index is -0.171. The van der Waals surface area contributed by atoms with Gasteiger partial charge in [-0.25, -0.2) is 0 Å². The number of rotatable bonds is 8. The number of nitrogens with zero attached hydrogens (tertiary/aromatic N) is 3. The van der Waals surface area contributed by atoms with Gasteiger partial charge in [-0.2, -0.15) is 0 Å². The van der Waals surface area contributed by atoms with Gasteiger partial charge in [-0.1, -0.05) is 23.8 Å². The van der Waals surface area contributed by atoms with Crippen LogP contribution in [0.25, 0.3) is 5.69 Å². The largest absolute Gasteiger partial charge is 0.497 e. The summed E-state index contributed by atoms with van der Waals surface area (Å²) in [7, 11) is 1.66. The fourth-order valence-electron chi connectivity index (χ4n) is 4.92. The van der Waals surface area contributed by atoms with Gasteiger partial charge < -0.3 is 24.8 Å². The van der Waals surface area contributed by atoms with Gasteiger partial charge in [-0.05, 0) is 86.7 Å². The molecule has 2 unspecified atom stereocenters. The monoisotopic (exact) mass is 525 g/mol. The molecule has 194 valence electrons. The molecule has 7 nitrogen and oxygen atoms in total. The van der Waals surface area contributed by atoms with Crippen LogP contribution in [0.5, 0.6) is 5.75 Å². The van der Waals surface area contributed by atoms with Crippen LogP contribution in [0.4, 0.5) is 5.69 Å². The number of carbonyl (C=O) groups is 1. The van der Waals surface area contributed by atoms with Crippen LogP contribution in [-0.4, -0.2) is 39.1 Å². The Bertz CT molecular complexity index is 1420. The van der Waals surface area contributed by atoms with Crippen molar-refractivity contribution in [1.29, 1.82) is 0 Å². The fourth-order valence-corrected chi connectivity index (χ4v) is 5.26. The highest BCUT2D eigenvalue weighted by molar-refractivity contribution is 7.80. The SMILES string of the molecule is COc1ccc(-n2c(C)ccc2C2C(c3ccccn3)NC(=S)N2CCC(=O)Nc2ccc(C)cc2)cc1. The molecule has 38 heavy (non-hydrogen) atoms. The molecule has 0 bridgehead atoms. The summed E-state index contributed by atoms with van der Waals surface area (Å²) < 4.78 is 7.60. The zero-order valence-corrected chi connectivity index (χ0v) is 22.5. The van der Waals surface area contributed by atoms with Crippen LogP contribution in [0.1, 0.15) is 41.1 Å². The van der Waals surface area contributed by atoms with Gasteiger partial charge in [0.05, 0.1) is 24.9 Å². The summed E-state index contributed by atoms with van der Waals surface area (Å²) in [4.78, 5) is 19.6. The van der Waals surface area contributed by atoms with Crippen molar-refractivity contribution < 1.29 is 9.53 Å². The van der Waals surface area contributed by atoms with Crippen LogP contribution in [-0.2, 0) is 4.79 Å². The average molecular weight is 526 g/mol. The van der Waals surface area contributed by atoms with E-state index in [1.54, 1.807) is 13.3 Å². The minimum absolute atomic E-state index is 0.0570. The molecule has 0 aliphatic carbocycles. The third kappa shape index (κ3) is 5.26. The Hall–Kier alpha value is -4.17. The summed E-state index contributed by atoms with van der Waals surface area (Å²) >= 11 is 5.82. The lowest BCUT2D eigenvalue weighted by Crippen LogP contribution is -2.33. The average Bonchev–Trinajstić information content (AvgIpc) is 3.48. The number of ether oxygens (including phenoxy) is 1. The number of methoxy groups -OCH3 is 1. The summed E-state index contributed by atoms with van der Waals surface area (Å²) in [6, 6.07) is 25.6. The van der Waals surface area contributed by atoms with Gasteiger partial charge in [0.1, 0.15) is 5.75 Å². The molecule has 0 radical (unpaired) electrons. The lowest BCUT2D eigenvalue weighted by atomic mass is 10.0. The number of hydrogen-bond donors (Lipinski definition) is 2. The number of nitrogens with one attached hydrogen (secondary N) is 2. The van der Waals surface area contributed by atoms with Gasteiger partial charge >= 0.3 is 0 Å². The Balaban J connectivity index is 1.46. The Labute approximate surface area is 228 Å². The summed E-state index contributed by atoms with van der Waals surface area (Å²) in [5, 5.41) is 7.09. The van der Waals surface area contributed by atoms with E-state index in [0.29, 0.717) is 18.1 Å². The number of amides is 1. The van der Waals surface area contributed by atoms with Crippen LogP contribution in [0.2, 0.25) is 0 Å². The van der Waals surface area contributed by atoms with Crippen LogP contribution in [0, 0.1) is 13.8 Å². The van der Waals surface area contributed by atoms with Crippen LogP contribution in [0.15, 0.2) is 85.1 Å². The maximum atomic E-state index is 12.9. The summed E-state index contributed by atoms with van der Waals surface area (Å²) in [5.74, 6) is 0.745. The second-order valence-electron chi connectivity index (χ2n) is 9.42. The van der Waals surface area contributed by atoms with E-state index in [2.05, 4.69) is 44.1 Å². The van der Waals surface area contributed by atoms with Crippen molar-refractivity contribution in [3.63, 3.8) is 0 Å². The third-order valence-corrected chi connectivity index (χ3v) is 7.21. The molecule has 1 aliphatic rings. The van der Waals surface area contributed by atoms with Crippen LogP contribution < -0.4 is 15.4 Å². The van der Waals surface area contributed by atoms with E-state index in [9.17, 15) is 4.79 Å². The van der Waals surface area contributed by atoms with Crippen molar-refractivity contribution in [2.24, 2.45) is 0 Å². The molecule has 0 saturated carbocycles. The van der Waals surface area contributed by atoms with E-state index in [4.69, 9.17) is 17.0 Å². The number of thiocarbonyl (C=S) groups is 1. The Kier molecular flexibility index (Phi) is 7.42. The third-order valence-electron chi connectivity index (χ3n) is 6.85. The van der Waals surface area contributed by atoms with Gasteiger partial charge in [0.2, 0.25) is 5.91 Å². The molecule has 1 amide bonds. The first-order valence-corrected chi connectivity index (χ1v) is 13.0. The van der Waals surface area contributed by atoms with Crippen molar-refractivity contribution in [3.05, 3.63) is 108 Å². The molecule has 8 heteroatoms. The first kappa shape index (κ1) is 25.5. The van der Waals surface area contributed by atoms with E-state index in [0.717, 1.165) is 39.8 Å². The molecular formula is C30H31N5O2S. The standard InChI is InChI=1S/C30H31N5O2S/c1-20-7-10-22(11-8-20)32-27(36)17-19-34-29(28(33-30(34)38)25-6-4-5-18-31-25)26-16-9-21(2)35(26)23-12-14-24(37-3)15-13-23/h4-16,18,28-29H,17,19H2,1-3H3,(H,32,36)(H,33,38). The van der Waals surface area contributed by atoms with Gasteiger partial charge in [0.15, 0.2) is 5.11 Å². The molecule has 4 aromatic rings. The highest BCUT2D eigenvalue weighted by Gasteiger charge is 2.41. The highest BCUT2D eigenvalue weighted by Crippen LogP contribution is 2.40. The molecule has 1 aliphatic heterocycles. The molecule has 1 fully saturated rings. The predicted molar refractivity (Wildman–Crippen MR) is 154 cm³/mol. The minimum Gasteiger partial charge on any atom is -0.497 e. The van der Waals surface area contributed by atoms with E-state index in [-0.39, 0.29) is 18.0 Å². The molecule has 2 N–H and O–H groups in total. The molecule has 3 heterocycles. The number of benzene rings is 2. The molecule has 2 aromatic carbocycles. The van der Waals surface area contributed by atoms with Crippen molar-refractivity contribution in [1.82, 2.24) is 19.8 Å². The zero-order valence-electron chi connectivity index (χ0n) is 21.7. The number of pyridine rings is 1. The molecular weight excluding hydrogens is 494 g/mol. The maximum Gasteiger partial charge on any atom is 0.226 e. The quantitative estimate of drug-likeness (QED) is 0.296. The highest BCUT2D eigenvalue weighted by atomic mass is 32.1.